The highest BCUT2D eigenvalue weighted by atomic mass is 19.1. The molecule has 0 bridgehead atoms. The van der Waals surface area contributed by atoms with Gasteiger partial charge in [-0.05, 0) is 65.9 Å². The molecular formula is C32H28FN3O5. The van der Waals surface area contributed by atoms with E-state index in [1.807, 2.05) is 0 Å². The Labute approximate surface area is 237 Å². The summed E-state index contributed by atoms with van der Waals surface area (Å²) >= 11 is 0. The molecule has 0 aliphatic carbocycles. The van der Waals surface area contributed by atoms with Crippen LogP contribution in [0.4, 0.5) is 9.18 Å². The Balaban J connectivity index is 1.27. The number of halogens is 1. The summed E-state index contributed by atoms with van der Waals surface area (Å²) in [7, 11) is 0. The maximum atomic E-state index is 13.7. The lowest BCUT2D eigenvalue weighted by atomic mass is 10.1. The maximum absolute atomic E-state index is 13.7. The molecule has 3 aromatic carbocycles. The third-order valence-electron chi connectivity index (χ3n) is 6.17. The molecule has 1 aromatic heterocycles. The lowest BCUT2D eigenvalue weighted by Gasteiger charge is -2.08. The monoisotopic (exact) mass is 553 g/mol. The van der Waals surface area contributed by atoms with Gasteiger partial charge in [-0.2, -0.15) is 5.26 Å². The molecule has 0 spiro atoms. The summed E-state index contributed by atoms with van der Waals surface area (Å²) in [6, 6.07) is 18.7. The van der Waals surface area contributed by atoms with Gasteiger partial charge in [-0.3, -0.25) is 0 Å². The lowest BCUT2D eigenvalue weighted by molar-refractivity contribution is 0.0721. The highest BCUT2D eigenvalue weighted by molar-refractivity contribution is 5.87. The molecule has 0 aliphatic rings. The highest BCUT2D eigenvalue weighted by Crippen LogP contribution is 2.25. The Kier molecular flexibility index (Phi) is 10.1. The van der Waals surface area contributed by atoms with Crippen molar-refractivity contribution in [1.82, 2.24) is 9.97 Å². The van der Waals surface area contributed by atoms with Gasteiger partial charge in [0.25, 0.3) is 0 Å². The van der Waals surface area contributed by atoms with Crippen LogP contribution in [0.5, 0.6) is 17.2 Å². The first kappa shape index (κ1) is 28.9. The van der Waals surface area contributed by atoms with Gasteiger partial charge in [0.15, 0.2) is 0 Å². The van der Waals surface area contributed by atoms with E-state index in [9.17, 15) is 14.0 Å². The van der Waals surface area contributed by atoms with E-state index in [0.29, 0.717) is 5.75 Å². The van der Waals surface area contributed by atoms with Crippen molar-refractivity contribution in [2.45, 2.75) is 45.4 Å². The van der Waals surface area contributed by atoms with Crippen molar-refractivity contribution in [2.24, 2.45) is 0 Å². The maximum Gasteiger partial charge on any atom is 0.519 e. The number of aryl methyl sites for hydroxylation is 1. The molecule has 0 N–H and O–H groups in total. The molecule has 9 heteroatoms. The van der Waals surface area contributed by atoms with Crippen LogP contribution in [-0.4, -0.2) is 22.1 Å². The highest BCUT2D eigenvalue weighted by Gasteiger charge is 2.13. The first-order chi connectivity index (χ1) is 19.9. The van der Waals surface area contributed by atoms with Crippen LogP contribution >= 0.6 is 0 Å². The molecule has 8 nitrogen and oxygen atoms in total. The molecule has 0 atom stereocenters. The van der Waals surface area contributed by atoms with Crippen LogP contribution in [-0.2, 0) is 6.42 Å². The second-order valence-electron chi connectivity index (χ2n) is 9.22. The molecule has 208 valence electrons. The van der Waals surface area contributed by atoms with Crippen molar-refractivity contribution >= 4 is 12.1 Å². The van der Waals surface area contributed by atoms with Crippen molar-refractivity contribution in [3.8, 4) is 34.4 Å². The van der Waals surface area contributed by atoms with E-state index in [2.05, 4.69) is 16.9 Å². The third-order valence-corrected chi connectivity index (χ3v) is 6.17. The van der Waals surface area contributed by atoms with Crippen molar-refractivity contribution in [3.05, 3.63) is 102 Å². The van der Waals surface area contributed by atoms with Gasteiger partial charge in [-0.15, -0.1) is 0 Å². The predicted molar refractivity (Wildman–Crippen MR) is 149 cm³/mol. The molecule has 4 aromatic rings. The molecular weight excluding hydrogens is 525 g/mol. The van der Waals surface area contributed by atoms with E-state index >= 15 is 0 Å². The van der Waals surface area contributed by atoms with Crippen LogP contribution in [0, 0.1) is 17.1 Å². The van der Waals surface area contributed by atoms with Crippen LogP contribution in [0.3, 0.4) is 0 Å². The van der Waals surface area contributed by atoms with Gasteiger partial charge in [0.1, 0.15) is 29.1 Å². The summed E-state index contributed by atoms with van der Waals surface area (Å²) < 4.78 is 29.2. The summed E-state index contributed by atoms with van der Waals surface area (Å²) in [4.78, 5) is 32.8. The number of carbonyl (C=O) groups excluding carboxylic acids is 2. The minimum absolute atomic E-state index is 0.00208. The fourth-order valence-corrected chi connectivity index (χ4v) is 3.97. The van der Waals surface area contributed by atoms with Gasteiger partial charge in [0.2, 0.25) is 5.82 Å². The van der Waals surface area contributed by atoms with Gasteiger partial charge >= 0.3 is 12.1 Å². The molecule has 0 unspecified atom stereocenters. The van der Waals surface area contributed by atoms with Crippen molar-refractivity contribution in [1.29, 1.82) is 5.26 Å². The molecule has 0 saturated carbocycles. The number of nitriles is 1. The van der Waals surface area contributed by atoms with Crippen molar-refractivity contribution < 1.29 is 28.2 Å². The Morgan fingerprint density at radius 1 is 0.780 bits per heavy atom. The van der Waals surface area contributed by atoms with Gasteiger partial charge in [-0.25, -0.2) is 23.9 Å². The van der Waals surface area contributed by atoms with Crippen LogP contribution in [0.15, 0.2) is 79.1 Å². The quantitative estimate of drug-likeness (QED) is 0.0814. The molecule has 0 radical (unpaired) electrons. The summed E-state index contributed by atoms with van der Waals surface area (Å²) in [6.45, 7) is 2.19. The Hall–Kier alpha value is -5.10. The van der Waals surface area contributed by atoms with Gasteiger partial charge in [0, 0.05) is 18.5 Å². The first-order valence-electron chi connectivity index (χ1n) is 13.3. The number of rotatable bonds is 11. The molecule has 4 rings (SSSR count). The average Bonchev–Trinajstić information content (AvgIpc) is 2.98. The number of benzene rings is 3. The third kappa shape index (κ3) is 8.44. The molecule has 1 heterocycles. The Bertz CT molecular complexity index is 1520. The Morgan fingerprint density at radius 3 is 1.93 bits per heavy atom. The topological polar surface area (TPSA) is 111 Å². The average molecular weight is 554 g/mol. The molecule has 0 amide bonds. The van der Waals surface area contributed by atoms with E-state index in [0.717, 1.165) is 35.6 Å². The molecule has 0 aliphatic heterocycles. The lowest BCUT2D eigenvalue weighted by Crippen LogP contribution is -2.13. The van der Waals surface area contributed by atoms with Crippen LogP contribution in [0.25, 0.3) is 11.1 Å². The van der Waals surface area contributed by atoms with Gasteiger partial charge in [-0.1, -0.05) is 56.9 Å². The zero-order valence-corrected chi connectivity index (χ0v) is 22.5. The smallest absolute Gasteiger partial charge is 0.421 e. The molecule has 0 fully saturated rings. The second kappa shape index (κ2) is 14.3. The van der Waals surface area contributed by atoms with Gasteiger partial charge < -0.3 is 14.2 Å². The fraction of sp³-hybridized carbons (Fsp3) is 0.219. The molecule has 0 saturated heterocycles. The standard InChI is InChI=1S/C32H28FN3O5/c1-2-3-4-5-6-7-22-20-35-30(36-21-22)31(37)39-26-13-8-23(9-14-26)24-10-15-27(16-11-24)40-32(38)41-28-17-12-25(19-34)29(33)18-28/h8-18,20-21H,2-7H2,1H3. The summed E-state index contributed by atoms with van der Waals surface area (Å²) in [5.74, 6) is -0.939. The van der Waals surface area contributed by atoms with E-state index in [4.69, 9.17) is 19.5 Å². The van der Waals surface area contributed by atoms with Crippen molar-refractivity contribution in [2.75, 3.05) is 0 Å². The van der Waals surface area contributed by atoms with Crippen molar-refractivity contribution in [3.63, 3.8) is 0 Å². The number of ether oxygens (including phenoxy) is 3. The largest absolute Gasteiger partial charge is 0.519 e. The number of esters is 1. The Morgan fingerprint density at radius 2 is 1.34 bits per heavy atom. The van der Waals surface area contributed by atoms with E-state index in [-0.39, 0.29) is 22.9 Å². The zero-order valence-electron chi connectivity index (χ0n) is 22.5. The summed E-state index contributed by atoms with van der Waals surface area (Å²) in [5, 5.41) is 8.78. The van der Waals surface area contributed by atoms with Gasteiger partial charge in [0.05, 0.1) is 5.56 Å². The zero-order chi connectivity index (χ0) is 29.0. The predicted octanol–water partition coefficient (Wildman–Crippen LogP) is 7.46. The number of hydrogen-bond donors (Lipinski definition) is 0. The van der Waals surface area contributed by atoms with Crippen LogP contribution < -0.4 is 14.2 Å². The number of hydrogen-bond acceptors (Lipinski definition) is 8. The normalized spacial score (nSPS) is 10.5. The second-order valence-corrected chi connectivity index (χ2v) is 9.22. The van der Waals surface area contributed by atoms with Crippen LogP contribution in [0.2, 0.25) is 0 Å². The number of aromatic nitrogens is 2. The summed E-state index contributed by atoms with van der Waals surface area (Å²) in [5.41, 5.74) is 2.50. The molecule has 41 heavy (non-hydrogen) atoms. The minimum Gasteiger partial charge on any atom is -0.421 e. The van der Waals surface area contributed by atoms with E-state index in [1.165, 1.54) is 37.8 Å². The van der Waals surface area contributed by atoms with Crippen LogP contribution in [0.1, 0.15) is 60.8 Å². The summed E-state index contributed by atoms with van der Waals surface area (Å²) in [6.07, 6.45) is 9.11. The first-order valence-corrected chi connectivity index (χ1v) is 13.3. The van der Waals surface area contributed by atoms with E-state index in [1.54, 1.807) is 67.0 Å². The van der Waals surface area contributed by atoms with E-state index < -0.39 is 17.9 Å². The fourth-order valence-electron chi connectivity index (χ4n) is 3.97. The minimum atomic E-state index is -1.05. The number of carbonyl (C=O) groups is 2. The SMILES string of the molecule is CCCCCCCc1cnc(C(=O)Oc2ccc(-c3ccc(OC(=O)Oc4ccc(C#N)c(F)c4)cc3)cc2)nc1. The number of nitrogens with zero attached hydrogens (tertiary/aromatic N) is 3. The number of unbranched alkanes of at least 4 members (excludes halogenated alkanes) is 4.